The predicted octanol–water partition coefficient (Wildman–Crippen LogP) is 1.21. The van der Waals surface area contributed by atoms with E-state index in [9.17, 15) is 30.8 Å². The Balaban J connectivity index is 3.29. The summed E-state index contributed by atoms with van der Waals surface area (Å²) in [6.45, 7) is -1.28. The van der Waals surface area contributed by atoms with Gasteiger partial charge in [0.2, 0.25) is 10.0 Å². The molecular weight excluding hydrogens is 294 g/mol. The van der Waals surface area contributed by atoms with Crippen molar-refractivity contribution in [2.45, 2.75) is 11.3 Å². The number of alkyl halides is 2. The highest BCUT2D eigenvalue weighted by Crippen LogP contribution is 2.21. The molecule has 1 aromatic carbocycles. The SMILES string of the molecule is O=C(O)c1c(F)ccc(S(=O)(=O)NCC(F)F)c1F. The lowest BCUT2D eigenvalue weighted by Gasteiger charge is -2.09. The minimum Gasteiger partial charge on any atom is -0.477 e. The smallest absolute Gasteiger partial charge is 0.341 e. The van der Waals surface area contributed by atoms with E-state index in [1.807, 2.05) is 0 Å². The van der Waals surface area contributed by atoms with Crippen LogP contribution in [0.1, 0.15) is 10.4 Å². The van der Waals surface area contributed by atoms with Crippen LogP contribution in [-0.4, -0.2) is 32.5 Å². The highest BCUT2D eigenvalue weighted by molar-refractivity contribution is 7.89. The molecule has 0 amide bonds. The third kappa shape index (κ3) is 3.41. The fourth-order valence-electron chi connectivity index (χ4n) is 1.19. The zero-order chi connectivity index (χ0) is 14.8. The van der Waals surface area contributed by atoms with Gasteiger partial charge in [0, 0.05) is 0 Å². The number of nitrogens with one attached hydrogen (secondary N) is 1. The molecule has 0 aliphatic heterocycles. The van der Waals surface area contributed by atoms with E-state index in [1.165, 1.54) is 4.72 Å². The lowest BCUT2D eigenvalue weighted by Crippen LogP contribution is -2.29. The maximum atomic E-state index is 13.6. The van der Waals surface area contributed by atoms with Crippen molar-refractivity contribution in [1.82, 2.24) is 4.72 Å². The van der Waals surface area contributed by atoms with Crippen molar-refractivity contribution in [1.29, 1.82) is 0 Å². The van der Waals surface area contributed by atoms with Gasteiger partial charge in [-0.15, -0.1) is 0 Å². The first-order valence-corrected chi connectivity index (χ1v) is 6.14. The van der Waals surface area contributed by atoms with Crippen LogP contribution < -0.4 is 4.72 Å². The molecule has 10 heteroatoms. The van der Waals surface area contributed by atoms with E-state index in [0.717, 1.165) is 0 Å². The van der Waals surface area contributed by atoms with Gasteiger partial charge in [0.25, 0.3) is 6.43 Å². The lowest BCUT2D eigenvalue weighted by molar-refractivity contribution is 0.0685. The van der Waals surface area contributed by atoms with Crippen molar-refractivity contribution in [2.24, 2.45) is 0 Å². The second-order valence-electron chi connectivity index (χ2n) is 3.28. The van der Waals surface area contributed by atoms with Crippen LogP contribution in [0.4, 0.5) is 17.6 Å². The first-order chi connectivity index (χ1) is 8.66. The van der Waals surface area contributed by atoms with Crippen molar-refractivity contribution in [3.8, 4) is 0 Å². The Morgan fingerprint density at radius 1 is 1.32 bits per heavy atom. The van der Waals surface area contributed by atoms with Crippen LogP contribution >= 0.6 is 0 Å². The molecule has 0 fully saturated rings. The molecule has 1 rings (SSSR count). The first-order valence-electron chi connectivity index (χ1n) is 4.66. The molecule has 5 nitrogen and oxygen atoms in total. The van der Waals surface area contributed by atoms with E-state index < -0.39 is 51.1 Å². The summed E-state index contributed by atoms with van der Waals surface area (Å²) >= 11 is 0. The van der Waals surface area contributed by atoms with Gasteiger partial charge in [0.05, 0.1) is 6.54 Å². The minimum absolute atomic E-state index is 0.420. The molecule has 106 valence electrons. The summed E-state index contributed by atoms with van der Waals surface area (Å²) in [5.41, 5.74) is -1.47. The molecule has 0 saturated heterocycles. The topological polar surface area (TPSA) is 83.5 Å². The Labute approximate surface area is 104 Å². The van der Waals surface area contributed by atoms with Crippen LogP contribution in [0, 0.1) is 11.6 Å². The number of hydrogen-bond acceptors (Lipinski definition) is 3. The fourth-order valence-corrected chi connectivity index (χ4v) is 2.27. The second-order valence-corrected chi connectivity index (χ2v) is 5.02. The number of carboxylic acid groups (broad SMARTS) is 1. The summed E-state index contributed by atoms with van der Waals surface area (Å²) in [4.78, 5) is 9.36. The third-order valence-corrected chi connectivity index (χ3v) is 3.43. The van der Waals surface area contributed by atoms with E-state index in [1.54, 1.807) is 0 Å². The Bertz CT molecular complexity index is 602. The molecule has 0 aromatic heterocycles. The van der Waals surface area contributed by atoms with E-state index in [4.69, 9.17) is 5.11 Å². The molecule has 0 atom stereocenters. The fraction of sp³-hybridized carbons (Fsp3) is 0.222. The van der Waals surface area contributed by atoms with Gasteiger partial charge < -0.3 is 5.11 Å². The Morgan fingerprint density at radius 3 is 2.37 bits per heavy atom. The Kier molecular flexibility index (Phi) is 4.48. The van der Waals surface area contributed by atoms with Crippen molar-refractivity contribution in [3.05, 3.63) is 29.3 Å². The van der Waals surface area contributed by atoms with E-state index in [0.29, 0.717) is 12.1 Å². The van der Waals surface area contributed by atoms with E-state index in [-0.39, 0.29) is 0 Å². The number of aromatic carboxylic acids is 1. The summed E-state index contributed by atoms with van der Waals surface area (Å²) in [6.07, 6.45) is -3.02. The van der Waals surface area contributed by atoms with Crippen LogP contribution in [0.3, 0.4) is 0 Å². The summed E-state index contributed by atoms with van der Waals surface area (Å²) in [5.74, 6) is -5.34. The third-order valence-electron chi connectivity index (χ3n) is 1.99. The van der Waals surface area contributed by atoms with Gasteiger partial charge in [-0.1, -0.05) is 0 Å². The number of benzene rings is 1. The quantitative estimate of drug-likeness (QED) is 0.801. The molecule has 0 radical (unpaired) electrons. The van der Waals surface area contributed by atoms with Crippen LogP contribution in [0.25, 0.3) is 0 Å². The van der Waals surface area contributed by atoms with Gasteiger partial charge in [-0.2, -0.15) is 0 Å². The Morgan fingerprint density at radius 2 is 1.89 bits per heavy atom. The molecule has 0 aliphatic rings. The summed E-state index contributed by atoms with van der Waals surface area (Å²) in [6, 6.07) is 0.869. The molecule has 2 N–H and O–H groups in total. The maximum Gasteiger partial charge on any atom is 0.341 e. The van der Waals surface area contributed by atoms with Crippen LogP contribution in [0.5, 0.6) is 0 Å². The monoisotopic (exact) mass is 301 g/mol. The van der Waals surface area contributed by atoms with E-state index >= 15 is 0 Å². The van der Waals surface area contributed by atoms with Crippen LogP contribution in [-0.2, 0) is 10.0 Å². The summed E-state index contributed by atoms with van der Waals surface area (Å²) in [5, 5.41) is 8.54. The standard InChI is InChI=1S/C9H7F4NO4S/c10-4-1-2-5(8(13)7(4)9(15)16)19(17,18)14-3-6(11)12/h1-2,6,14H,3H2,(H,15,16). The number of halogens is 4. The maximum absolute atomic E-state index is 13.6. The lowest BCUT2D eigenvalue weighted by atomic mass is 10.2. The zero-order valence-electron chi connectivity index (χ0n) is 9.03. The van der Waals surface area contributed by atoms with E-state index in [2.05, 4.69) is 0 Å². The number of carboxylic acids is 1. The second kappa shape index (κ2) is 5.53. The molecule has 0 unspecified atom stereocenters. The molecular formula is C9H7F4NO4S. The molecule has 0 heterocycles. The van der Waals surface area contributed by atoms with Crippen LogP contribution in [0.15, 0.2) is 17.0 Å². The van der Waals surface area contributed by atoms with Gasteiger partial charge in [-0.05, 0) is 12.1 Å². The normalized spacial score (nSPS) is 11.8. The van der Waals surface area contributed by atoms with Gasteiger partial charge in [-0.25, -0.2) is 35.5 Å². The van der Waals surface area contributed by atoms with Crippen molar-refractivity contribution < 1.29 is 35.9 Å². The molecule has 19 heavy (non-hydrogen) atoms. The number of hydrogen-bond donors (Lipinski definition) is 2. The molecule has 0 saturated carbocycles. The van der Waals surface area contributed by atoms with Gasteiger partial charge in [0.1, 0.15) is 16.3 Å². The highest BCUT2D eigenvalue weighted by Gasteiger charge is 2.27. The number of rotatable bonds is 5. The predicted molar refractivity (Wildman–Crippen MR) is 54.5 cm³/mol. The molecule has 0 bridgehead atoms. The molecule has 0 aliphatic carbocycles. The molecule has 1 aromatic rings. The minimum atomic E-state index is -4.69. The highest BCUT2D eigenvalue weighted by atomic mass is 32.2. The van der Waals surface area contributed by atoms with Crippen LogP contribution in [0.2, 0.25) is 0 Å². The first kappa shape index (κ1) is 15.4. The zero-order valence-corrected chi connectivity index (χ0v) is 9.85. The van der Waals surface area contributed by atoms with Gasteiger partial charge >= 0.3 is 5.97 Å². The van der Waals surface area contributed by atoms with Crippen molar-refractivity contribution in [3.63, 3.8) is 0 Å². The van der Waals surface area contributed by atoms with Crippen molar-refractivity contribution >= 4 is 16.0 Å². The van der Waals surface area contributed by atoms with Gasteiger partial charge in [-0.3, -0.25) is 0 Å². The largest absolute Gasteiger partial charge is 0.477 e. The summed E-state index contributed by atoms with van der Waals surface area (Å²) in [7, 11) is -4.69. The molecule has 0 spiro atoms. The summed E-state index contributed by atoms with van der Waals surface area (Å²) < 4.78 is 74.6. The van der Waals surface area contributed by atoms with Crippen molar-refractivity contribution in [2.75, 3.05) is 6.54 Å². The Hall–Kier alpha value is -1.68. The average Bonchev–Trinajstić information content (AvgIpc) is 2.25. The average molecular weight is 301 g/mol. The number of sulfonamides is 1. The van der Waals surface area contributed by atoms with Gasteiger partial charge in [0.15, 0.2) is 5.82 Å². The number of carbonyl (C=O) groups is 1.